The largest absolute Gasteiger partial charge is 0.506 e. The number of pyridine rings is 1. The fourth-order valence-corrected chi connectivity index (χ4v) is 2.18. The third kappa shape index (κ3) is 3.20. The molecule has 98 valence electrons. The molecule has 1 unspecified atom stereocenters. The van der Waals surface area contributed by atoms with Crippen molar-refractivity contribution in [1.82, 2.24) is 10.3 Å². The Morgan fingerprint density at radius 3 is 2.89 bits per heavy atom. The lowest BCUT2D eigenvalue weighted by molar-refractivity contribution is 0.0538. The molecule has 1 aliphatic heterocycles. The smallest absolute Gasteiger partial charge is 0.253 e. The predicted molar refractivity (Wildman–Crippen MR) is 66.4 cm³/mol. The molecule has 5 heteroatoms. The van der Waals surface area contributed by atoms with Gasteiger partial charge in [0, 0.05) is 25.5 Å². The number of carbonyl (C=O) groups excluding carboxylic acids is 1. The van der Waals surface area contributed by atoms with Gasteiger partial charge < -0.3 is 15.2 Å². The maximum atomic E-state index is 12.0. The maximum Gasteiger partial charge on any atom is 0.253 e. The van der Waals surface area contributed by atoms with Crippen LogP contribution in [0.1, 0.15) is 30.1 Å². The van der Waals surface area contributed by atoms with Crippen LogP contribution in [0.2, 0.25) is 0 Å². The molecule has 0 aliphatic carbocycles. The Labute approximate surface area is 106 Å². The molecule has 1 atom stereocenters. The van der Waals surface area contributed by atoms with Crippen LogP contribution in [0.15, 0.2) is 18.5 Å². The second-order valence-electron chi connectivity index (χ2n) is 4.64. The molecule has 1 aromatic rings. The van der Waals surface area contributed by atoms with Crippen molar-refractivity contribution >= 4 is 5.91 Å². The molecule has 18 heavy (non-hydrogen) atoms. The summed E-state index contributed by atoms with van der Waals surface area (Å²) >= 11 is 0. The van der Waals surface area contributed by atoms with Gasteiger partial charge in [-0.05, 0) is 31.7 Å². The maximum absolute atomic E-state index is 12.0. The first-order chi connectivity index (χ1) is 8.66. The summed E-state index contributed by atoms with van der Waals surface area (Å²) in [6.07, 6.45) is 4.70. The number of hydrogen-bond donors (Lipinski definition) is 2. The Balaban J connectivity index is 1.94. The summed E-state index contributed by atoms with van der Waals surface area (Å²) < 4.78 is 5.30. The lowest BCUT2D eigenvalue weighted by Gasteiger charge is -2.28. The molecule has 0 spiro atoms. The Bertz CT molecular complexity index is 416. The first-order valence-electron chi connectivity index (χ1n) is 6.19. The van der Waals surface area contributed by atoms with Crippen LogP contribution in [0.25, 0.3) is 0 Å². The summed E-state index contributed by atoms with van der Waals surface area (Å²) in [5.41, 5.74) is 0.383. The van der Waals surface area contributed by atoms with Crippen LogP contribution in [0.5, 0.6) is 5.75 Å². The average molecular weight is 250 g/mol. The third-order valence-corrected chi connectivity index (χ3v) is 3.32. The van der Waals surface area contributed by atoms with E-state index in [1.165, 1.54) is 18.5 Å². The number of hydrogen-bond acceptors (Lipinski definition) is 4. The number of nitrogens with zero attached hydrogens (tertiary/aromatic N) is 1. The highest BCUT2D eigenvalue weighted by molar-refractivity contribution is 5.94. The zero-order chi connectivity index (χ0) is 13.0. The van der Waals surface area contributed by atoms with Gasteiger partial charge >= 0.3 is 0 Å². The van der Waals surface area contributed by atoms with Crippen molar-refractivity contribution in [2.24, 2.45) is 5.92 Å². The van der Waals surface area contributed by atoms with Crippen molar-refractivity contribution in [3.63, 3.8) is 0 Å². The molecular weight excluding hydrogens is 232 g/mol. The predicted octanol–water partition coefficient (Wildman–Crippen LogP) is 1.33. The van der Waals surface area contributed by atoms with Crippen molar-refractivity contribution in [3.05, 3.63) is 24.0 Å². The van der Waals surface area contributed by atoms with Crippen molar-refractivity contribution in [2.45, 2.75) is 25.8 Å². The summed E-state index contributed by atoms with van der Waals surface area (Å²) in [6.45, 7) is 3.53. The van der Waals surface area contributed by atoms with E-state index in [1.807, 2.05) is 6.92 Å². The highest BCUT2D eigenvalue weighted by Gasteiger charge is 2.22. The molecule has 1 aliphatic rings. The summed E-state index contributed by atoms with van der Waals surface area (Å²) in [7, 11) is 0. The Morgan fingerprint density at radius 2 is 2.22 bits per heavy atom. The van der Waals surface area contributed by atoms with E-state index in [4.69, 9.17) is 4.74 Å². The fraction of sp³-hybridized carbons (Fsp3) is 0.538. The summed E-state index contributed by atoms with van der Waals surface area (Å²) in [5, 5.41) is 12.2. The molecular formula is C13H18N2O3. The van der Waals surface area contributed by atoms with E-state index < -0.39 is 0 Å². The van der Waals surface area contributed by atoms with Gasteiger partial charge in [-0.15, -0.1) is 0 Å². The van der Waals surface area contributed by atoms with Crippen LogP contribution >= 0.6 is 0 Å². The number of aromatic nitrogens is 1. The van der Waals surface area contributed by atoms with Crippen LogP contribution in [0.3, 0.4) is 0 Å². The number of rotatable bonds is 3. The average Bonchev–Trinajstić information content (AvgIpc) is 2.39. The minimum atomic E-state index is -0.197. The van der Waals surface area contributed by atoms with Crippen LogP contribution in [0, 0.1) is 5.92 Å². The number of ether oxygens (including phenoxy) is 1. The molecule has 0 aromatic carbocycles. The van der Waals surface area contributed by atoms with E-state index in [-0.39, 0.29) is 17.7 Å². The second kappa shape index (κ2) is 5.82. The van der Waals surface area contributed by atoms with Gasteiger partial charge in [0.1, 0.15) is 5.75 Å². The topological polar surface area (TPSA) is 71.5 Å². The normalized spacial score (nSPS) is 18.3. The molecule has 1 saturated heterocycles. The van der Waals surface area contributed by atoms with Gasteiger partial charge in [0.05, 0.1) is 11.8 Å². The number of nitrogens with one attached hydrogen (secondary N) is 1. The summed E-state index contributed by atoms with van der Waals surface area (Å²) in [4.78, 5) is 15.8. The Morgan fingerprint density at radius 1 is 1.50 bits per heavy atom. The second-order valence-corrected chi connectivity index (χ2v) is 4.64. The first-order valence-corrected chi connectivity index (χ1v) is 6.19. The van der Waals surface area contributed by atoms with Gasteiger partial charge in [0.15, 0.2) is 0 Å². The highest BCUT2D eigenvalue weighted by Crippen LogP contribution is 2.19. The monoisotopic (exact) mass is 250 g/mol. The van der Waals surface area contributed by atoms with E-state index in [0.717, 1.165) is 26.1 Å². The van der Waals surface area contributed by atoms with Gasteiger partial charge in [-0.3, -0.25) is 9.78 Å². The zero-order valence-electron chi connectivity index (χ0n) is 10.4. The Hall–Kier alpha value is -1.62. The van der Waals surface area contributed by atoms with Crippen molar-refractivity contribution in [2.75, 3.05) is 13.2 Å². The number of carbonyl (C=O) groups is 1. The van der Waals surface area contributed by atoms with E-state index in [2.05, 4.69) is 10.3 Å². The standard InChI is InChI=1S/C13H18N2O3/c1-9(10-2-4-18-5-3-10)15-13(17)11-6-12(16)8-14-7-11/h6-10,16H,2-5H2,1H3,(H,15,17). The molecule has 0 bridgehead atoms. The van der Waals surface area contributed by atoms with E-state index in [1.54, 1.807) is 0 Å². The first kappa shape index (κ1) is 12.8. The zero-order valence-corrected chi connectivity index (χ0v) is 10.4. The SMILES string of the molecule is CC(NC(=O)c1cncc(O)c1)C1CCOCC1. The van der Waals surface area contributed by atoms with Crippen LogP contribution < -0.4 is 5.32 Å². The molecule has 1 fully saturated rings. The summed E-state index contributed by atoms with van der Waals surface area (Å²) in [6, 6.07) is 1.52. The molecule has 2 heterocycles. The highest BCUT2D eigenvalue weighted by atomic mass is 16.5. The van der Waals surface area contributed by atoms with Gasteiger partial charge in [-0.25, -0.2) is 0 Å². The fourth-order valence-electron chi connectivity index (χ4n) is 2.18. The van der Waals surface area contributed by atoms with Gasteiger partial charge in [-0.2, -0.15) is 0 Å². The minimum Gasteiger partial charge on any atom is -0.506 e. The third-order valence-electron chi connectivity index (χ3n) is 3.32. The molecule has 0 radical (unpaired) electrons. The van der Waals surface area contributed by atoms with Crippen molar-refractivity contribution in [1.29, 1.82) is 0 Å². The molecule has 5 nitrogen and oxygen atoms in total. The molecule has 0 saturated carbocycles. The van der Waals surface area contributed by atoms with Crippen LogP contribution in [0.4, 0.5) is 0 Å². The van der Waals surface area contributed by atoms with E-state index in [0.29, 0.717) is 11.5 Å². The molecule has 2 N–H and O–H groups in total. The van der Waals surface area contributed by atoms with E-state index >= 15 is 0 Å². The van der Waals surface area contributed by atoms with Crippen molar-refractivity contribution < 1.29 is 14.6 Å². The van der Waals surface area contributed by atoms with Gasteiger partial charge in [-0.1, -0.05) is 0 Å². The number of amides is 1. The van der Waals surface area contributed by atoms with Crippen LogP contribution in [-0.2, 0) is 4.74 Å². The Kier molecular flexibility index (Phi) is 4.15. The lowest BCUT2D eigenvalue weighted by atomic mass is 9.93. The molecule has 2 rings (SSSR count). The summed E-state index contributed by atoms with van der Waals surface area (Å²) in [5.74, 6) is 0.256. The molecule has 1 aromatic heterocycles. The van der Waals surface area contributed by atoms with E-state index in [9.17, 15) is 9.90 Å². The van der Waals surface area contributed by atoms with Gasteiger partial charge in [0.25, 0.3) is 5.91 Å². The minimum absolute atomic E-state index is 0.00127. The molecule has 1 amide bonds. The lowest BCUT2D eigenvalue weighted by Crippen LogP contribution is -2.40. The quantitative estimate of drug-likeness (QED) is 0.849. The number of aromatic hydroxyl groups is 1. The van der Waals surface area contributed by atoms with Gasteiger partial charge in [0.2, 0.25) is 0 Å². The van der Waals surface area contributed by atoms with Crippen molar-refractivity contribution in [3.8, 4) is 5.75 Å². The van der Waals surface area contributed by atoms with Crippen LogP contribution in [-0.4, -0.2) is 35.3 Å².